The van der Waals surface area contributed by atoms with Gasteiger partial charge in [0.25, 0.3) is 0 Å². The van der Waals surface area contributed by atoms with Crippen LogP contribution in [0.2, 0.25) is 0 Å². The van der Waals surface area contributed by atoms with Crippen LogP contribution in [0.15, 0.2) is 0 Å². The predicted molar refractivity (Wildman–Crippen MR) is 51.5 cm³/mol. The number of rotatable bonds is 3. The van der Waals surface area contributed by atoms with E-state index in [0.717, 1.165) is 26.1 Å². The molecule has 0 bridgehead atoms. The van der Waals surface area contributed by atoms with E-state index in [0.29, 0.717) is 11.3 Å². The van der Waals surface area contributed by atoms with Crippen molar-refractivity contribution in [1.29, 1.82) is 0 Å². The van der Waals surface area contributed by atoms with Crippen LogP contribution in [-0.4, -0.2) is 24.4 Å². The van der Waals surface area contributed by atoms with Crippen LogP contribution in [0, 0.1) is 11.3 Å². The van der Waals surface area contributed by atoms with Crippen molar-refractivity contribution in [1.82, 2.24) is 0 Å². The molecule has 0 radical (unpaired) electrons. The van der Waals surface area contributed by atoms with Crippen molar-refractivity contribution in [2.45, 2.75) is 45.1 Å². The normalized spacial score (nSPS) is 34.2. The highest BCUT2D eigenvalue weighted by Gasteiger charge is 2.36. The van der Waals surface area contributed by atoms with Gasteiger partial charge in [0.05, 0.1) is 12.7 Å². The number of ether oxygens (including phenoxy) is 1. The summed E-state index contributed by atoms with van der Waals surface area (Å²) in [6.07, 6.45) is 5.88. The summed E-state index contributed by atoms with van der Waals surface area (Å²) < 4.78 is 5.28. The molecule has 2 aliphatic rings. The van der Waals surface area contributed by atoms with E-state index in [-0.39, 0.29) is 6.10 Å². The van der Waals surface area contributed by atoms with E-state index in [2.05, 4.69) is 6.92 Å². The third kappa shape index (κ3) is 2.05. The predicted octanol–water partition coefficient (Wildman–Crippen LogP) is 1.96. The Morgan fingerprint density at radius 2 is 2.31 bits per heavy atom. The smallest absolute Gasteiger partial charge is 0.0596 e. The van der Waals surface area contributed by atoms with Gasteiger partial charge in [0, 0.05) is 12.5 Å². The molecule has 1 aliphatic carbocycles. The van der Waals surface area contributed by atoms with Gasteiger partial charge in [0.15, 0.2) is 0 Å². The molecule has 2 atom stereocenters. The third-order valence-corrected chi connectivity index (χ3v) is 3.77. The molecule has 0 aromatic rings. The van der Waals surface area contributed by atoms with E-state index in [1.165, 1.54) is 19.3 Å². The molecular weight excluding hydrogens is 164 g/mol. The summed E-state index contributed by atoms with van der Waals surface area (Å²) in [5.74, 6) is 0.414. The van der Waals surface area contributed by atoms with Gasteiger partial charge in [0.2, 0.25) is 0 Å². The molecule has 0 aromatic heterocycles. The minimum Gasteiger partial charge on any atom is -0.393 e. The molecule has 2 heteroatoms. The van der Waals surface area contributed by atoms with Crippen molar-refractivity contribution in [3.8, 4) is 0 Å². The monoisotopic (exact) mass is 184 g/mol. The molecule has 0 aromatic carbocycles. The Morgan fingerprint density at radius 1 is 1.54 bits per heavy atom. The topological polar surface area (TPSA) is 29.5 Å². The molecule has 1 heterocycles. The average Bonchev–Trinajstić information content (AvgIpc) is 2.53. The van der Waals surface area contributed by atoms with E-state index < -0.39 is 0 Å². The summed E-state index contributed by atoms with van der Waals surface area (Å²) in [6.45, 7) is 3.92. The van der Waals surface area contributed by atoms with Crippen molar-refractivity contribution in [2.24, 2.45) is 11.3 Å². The molecule has 0 spiro atoms. The maximum atomic E-state index is 9.97. The highest BCUT2D eigenvalue weighted by molar-refractivity contribution is 4.87. The molecular formula is C11H20O2. The van der Waals surface area contributed by atoms with E-state index in [1.807, 2.05) is 0 Å². The number of hydrogen-bond acceptors (Lipinski definition) is 2. The molecule has 76 valence electrons. The largest absolute Gasteiger partial charge is 0.393 e. The number of aliphatic hydroxyl groups is 1. The van der Waals surface area contributed by atoms with Gasteiger partial charge >= 0.3 is 0 Å². The maximum absolute atomic E-state index is 9.97. The molecule has 1 saturated carbocycles. The summed E-state index contributed by atoms with van der Waals surface area (Å²) in [5, 5.41) is 9.97. The second-order valence-corrected chi connectivity index (χ2v) is 5.06. The average molecular weight is 184 g/mol. The van der Waals surface area contributed by atoms with Gasteiger partial charge < -0.3 is 9.84 Å². The van der Waals surface area contributed by atoms with Gasteiger partial charge in [-0.3, -0.25) is 0 Å². The van der Waals surface area contributed by atoms with Crippen molar-refractivity contribution >= 4 is 0 Å². The van der Waals surface area contributed by atoms with Gasteiger partial charge in [-0.05, 0) is 31.1 Å². The fraction of sp³-hybridized carbons (Fsp3) is 1.00. The SMILES string of the molecule is CC1(CC(O)C2CCOC2)CCC1. The third-order valence-electron chi connectivity index (χ3n) is 3.77. The van der Waals surface area contributed by atoms with E-state index in [1.54, 1.807) is 0 Å². The number of aliphatic hydroxyl groups excluding tert-OH is 1. The minimum atomic E-state index is -0.118. The summed E-state index contributed by atoms with van der Waals surface area (Å²) in [4.78, 5) is 0. The molecule has 0 amide bonds. The molecule has 13 heavy (non-hydrogen) atoms. The lowest BCUT2D eigenvalue weighted by Crippen LogP contribution is -2.33. The first-order valence-electron chi connectivity index (χ1n) is 5.45. The Kier molecular flexibility index (Phi) is 2.61. The summed E-state index contributed by atoms with van der Waals surface area (Å²) in [5.41, 5.74) is 0.446. The summed E-state index contributed by atoms with van der Waals surface area (Å²) >= 11 is 0. The Labute approximate surface area is 80.3 Å². The molecule has 1 aliphatic heterocycles. The molecule has 1 N–H and O–H groups in total. The van der Waals surface area contributed by atoms with E-state index >= 15 is 0 Å². The van der Waals surface area contributed by atoms with Gasteiger partial charge in [-0.1, -0.05) is 13.3 Å². The minimum absolute atomic E-state index is 0.118. The second kappa shape index (κ2) is 3.58. The molecule has 1 saturated heterocycles. The lowest BCUT2D eigenvalue weighted by Gasteiger charge is -2.40. The van der Waals surface area contributed by atoms with Gasteiger partial charge in [-0.15, -0.1) is 0 Å². The first-order valence-corrected chi connectivity index (χ1v) is 5.45. The molecule has 2 nitrogen and oxygen atoms in total. The zero-order chi connectivity index (χ0) is 9.31. The van der Waals surface area contributed by atoms with Crippen LogP contribution in [0.3, 0.4) is 0 Å². The zero-order valence-corrected chi connectivity index (χ0v) is 8.46. The quantitative estimate of drug-likeness (QED) is 0.726. The Hall–Kier alpha value is -0.0800. The Bertz CT molecular complexity index is 169. The van der Waals surface area contributed by atoms with Crippen molar-refractivity contribution in [3.05, 3.63) is 0 Å². The van der Waals surface area contributed by atoms with Crippen molar-refractivity contribution in [2.75, 3.05) is 13.2 Å². The van der Waals surface area contributed by atoms with Crippen LogP contribution < -0.4 is 0 Å². The fourth-order valence-electron chi connectivity index (χ4n) is 2.51. The summed E-state index contributed by atoms with van der Waals surface area (Å²) in [6, 6.07) is 0. The highest BCUT2D eigenvalue weighted by Crippen LogP contribution is 2.45. The second-order valence-electron chi connectivity index (χ2n) is 5.06. The van der Waals surface area contributed by atoms with Gasteiger partial charge in [-0.2, -0.15) is 0 Å². The van der Waals surface area contributed by atoms with E-state index in [4.69, 9.17) is 4.74 Å². The Balaban J connectivity index is 1.79. The Morgan fingerprint density at radius 3 is 2.77 bits per heavy atom. The highest BCUT2D eigenvalue weighted by atomic mass is 16.5. The maximum Gasteiger partial charge on any atom is 0.0596 e. The van der Waals surface area contributed by atoms with Gasteiger partial charge in [-0.25, -0.2) is 0 Å². The zero-order valence-electron chi connectivity index (χ0n) is 8.46. The van der Waals surface area contributed by atoms with Crippen molar-refractivity contribution in [3.63, 3.8) is 0 Å². The van der Waals surface area contributed by atoms with Crippen LogP contribution in [0.1, 0.15) is 39.0 Å². The van der Waals surface area contributed by atoms with Crippen LogP contribution in [0.5, 0.6) is 0 Å². The lowest BCUT2D eigenvalue weighted by molar-refractivity contribution is 0.0177. The lowest BCUT2D eigenvalue weighted by atomic mass is 9.66. The summed E-state index contributed by atoms with van der Waals surface area (Å²) in [7, 11) is 0. The van der Waals surface area contributed by atoms with Gasteiger partial charge in [0.1, 0.15) is 0 Å². The van der Waals surface area contributed by atoms with Crippen LogP contribution in [-0.2, 0) is 4.74 Å². The van der Waals surface area contributed by atoms with Crippen molar-refractivity contribution < 1.29 is 9.84 Å². The van der Waals surface area contributed by atoms with Crippen LogP contribution in [0.4, 0.5) is 0 Å². The molecule has 2 fully saturated rings. The first kappa shape index (κ1) is 9.47. The van der Waals surface area contributed by atoms with Crippen LogP contribution >= 0.6 is 0 Å². The fourth-order valence-corrected chi connectivity index (χ4v) is 2.51. The molecule has 2 unspecified atom stereocenters. The van der Waals surface area contributed by atoms with E-state index in [9.17, 15) is 5.11 Å². The first-order chi connectivity index (χ1) is 6.20. The standard InChI is InChI=1S/C11H20O2/c1-11(4-2-5-11)7-10(12)9-3-6-13-8-9/h9-10,12H,2-8H2,1H3. The molecule has 2 rings (SSSR count). The number of hydrogen-bond donors (Lipinski definition) is 1. The van der Waals surface area contributed by atoms with Crippen LogP contribution in [0.25, 0.3) is 0 Å².